The molecule has 2 rings (SSSR count). The van der Waals surface area contributed by atoms with E-state index in [0.29, 0.717) is 19.3 Å². The smallest absolute Gasteiger partial charge is 0.0717 e. The first-order valence-corrected chi connectivity index (χ1v) is 5.96. The molecule has 0 bridgehead atoms. The minimum absolute atomic E-state index is 0.302. The van der Waals surface area contributed by atoms with E-state index < -0.39 is 0 Å². The topological polar surface area (TPSA) is 47.3 Å². The Bertz CT molecular complexity index is 298. The summed E-state index contributed by atoms with van der Waals surface area (Å²) in [5.74, 6) is 6.37. The van der Waals surface area contributed by atoms with Gasteiger partial charge in [0, 0.05) is 6.04 Å². The molecule has 0 spiro atoms. The van der Waals surface area contributed by atoms with E-state index in [1.54, 1.807) is 0 Å². The number of hydrogen-bond acceptors (Lipinski definition) is 3. The normalized spacial score (nSPS) is 17.3. The SMILES string of the molecule is NNC(COCc1ccccc1)CC1CC1. The standard InChI is InChI=1S/C13H20N2O/c14-15-13(8-11-6-7-11)10-16-9-12-4-2-1-3-5-12/h1-5,11,13,15H,6-10,14H2. The summed E-state index contributed by atoms with van der Waals surface area (Å²) >= 11 is 0. The molecule has 1 saturated carbocycles. The lowest BCUT2D eigenvalue weighted by atomic mass is 10.1. The van der Waals surface area contributed by atoms with Crippen molar-refractivity contribution in [2.24, 2.45) is 11.8 Å². The molecule has 1 fully saturated rings. The number of ether oxygens (including phenoxy) is 1. The van der Waals surface area contributed by atoms with Crippen LogP contribution in [-0.2, 0) is 11.3 Å². The maximum atomic E-state index is 5.66. The molecule has 1 aromatic rings. The molecule has 3 heteroatoms. The van der Waals surface area contributed by atoms with Gasteiger partial charge in [0.15, 0.2) is 0 Å². The summed E-state index contributed by atoms with van der Waals surface area (Å²) in [4.78, 5) is 0. The van der Waals surface area contributed by atoms with Crippen LogP contribution in [0.15, 0.2) is 30.3 Å². The summed E-state index contributed by atoms with van der Waals surface area (Å²) < 4.78 is 5.66. The van der Waals surface area contributed by atoms with Crippen LogP contribution in [0.3, 0.4) is 0 Å². The number of nitrogens with one attached hydrogen (secondary N) is 1. The number of rotatable bonds is 7. The summed E-state index contributed by atoms with van der Waals surface area (Å²) in [5.41, 5.74) is 4.05. The third-order valence-electron chi connectivity index (χ3n) is 2.98. The minimum atomic E-state index is 0.302. The first-order valence-electron chi connectivity index (χ1n) is 5.96. The molecule has 0 heterocycles. The molecule has 1 aliphatic rings. The van der Waals surface area contributed by atoms with Gasteiger partial charge in [-0.15, -0.1) is 0 Å². The fourth-order valence-corrected chi connectivity index (χ4v) is 1.83. The lowest BCUT2D eigenvalue weighted by Gasteiger charge is -2.15. The second-order valence-electron chi connectivity index (χ2n) is 4.54. The average molecular weight is 220 g/mol. The Morgan fingerprint density at radius 1 is 1.31 bits per heavy atom. The molecule has 0 aromatic heterocycles. The molecule has 1 aromatic carbocycles. The second-order valence-corrected chi connectivity index (χ2v) is 4.54. The molecule has 16 heavy (non-hydrogen) atoms. The fraction of sp³-hybridized carbons (Fsp3) is 0.538. The van der Waals surface area contributed by atoms with Gasteiger partial charge in [-0.3, -0.25) is 11.3 Å². The van der Waals surface area contributed by atoms with Crippen molar-refractivity contribution in [2.75, 3.05) is 6.61 Å². The highest BCUT2D eigenvalue weighted by Gasteiger charge is 2.24. The van der Waals surface area contributed by atoms with E-state index in [2.05, 4.69) is 17.6 Å². The van der Waals surface area contributed by atoms with Crippen LogP contribution < -0.4 is 11.3 Å². The molecule has 1 atom stereocenters. The van der Waals surface area contributed by atoms with Crippen molar-refractivity contribution in [2.45, 2.75) is 31.9 Å². The van der Waals surface area contributed by atoms with Crippen LogP contribution in [0.5, 0.6) is 0 Å². The Kier molecular flexibility index (Phi) is 4.34. The zero-order valence-electron chi connectivity index (χ0n) is 9.56. The molecule has 3 nitrogen and oxygen atoms in total. The average Bonchev–Trinajstić information content (AvgIpc) is 3.13. The lowest BCUT2D eigenvalue weighted by Crippen LogP contribution is -2.39. The predicted octanol–water partition coefficient (Wildman–Crippen LogP) is 1.84. The third kappa shape index (κ3) is 3.93. The van der Waals surface area contributed by atoms with Gasteiger partial charge in [0.2, 0.25) is 0 Å². The van der Waals surface area contributed by atoms with Crippen LogP contribution in [0, 0.1) is 5.92 Å². The Morgan fingerprint density at radius 3 is 2.69 bits per heavy atom. The monoisotopic (exact) mass is 220 g/mol. The fourth-order valence-electron chi connectivity index (χ4n) is 1.83. The second kappa shape index (κ2) is 5.99. The van der Waals surface area contributed by atoms with Crippen LogP contribution in [-0.4, -0.2) is 12.6 Å². The van der Waals surface area contributed by atoms with Crippen LogP contribution >= 0.6 is 0 Å². The highest BCUT2D eigenvalue weighted by atomic mass is 16.5. The van der Waals surface area contributed by atoms with Crippen molar-refractivity contribution in [1.82, 2.24) is 5.43 Å². The number of benzene rings is 1. The van der Waals surface area contributed by atoms with Gasteiger partial charge in [-0.25, -0.2) is 0 Å². The van der Waals surface area contributed by atoms with Gasteiger partial charge in [-0.1, -0.05) is 43.2 Å². The van der Waals surface area contributed by atoms with Crippen molar-refractivity contribution in [3.05, 3.63) is 35.9 Å². The summed E-state index contributed by atoms with van der Waals surface area (Å²) in [7, 11) is 0. The van der Waals surface area contributed by atoms with Crippen molar-refractivity contribution < 1.29 is 4.74 Å². The van der Waals surface area contributed by atoms with Gasteiger partial charge in [0.05, 0.1) is 13.2 Å². The number of nitrogens with two attached hydrogens (primary N) is 1. The Hall–Kier alpha value is -0.900. The highest BCUT2D eigenvalue weighted by Crippen LogP contribution is 2.33. The van der Waals surface area contributed by atoms with Gasteiger partial charge in [0.25, 0.3) is 0 Å². The minimum Gasteiger partial charge on any atom is -0.375 e. The molecule has 0 radical (unpaired) electrons. The maximum Gasteiger partial charge on any atom is 0.0717 e. The van der Waals surface area contributed by atoms with Gasteiger partial charge >= 0.3 is 0 Å². The Labute approximate surface area is 97.0 Å². The number of hydrogen-bond donors (Lipinski definition) is 2. The summed E-state index contributed by atoms with van der Waals surface area (Å²) in [6, 6.07) is 10.5. The van der Waals surface area contributed by atoms with Gasteiger partial charge in [-0.05, 0) is 17.9 Å². The molecule has 0 amide bonds. The van der Waals surface area contributed by atoms with E-state index in [1.165, 1.54) is 18.4 Å². The van der Waals surface area contributed by atoms with E-state index in [4.69, 9.17) is 10.6 Å². The molecule has 88 valence electrons. The van der Waals surface area contributed by atoms with E-state index in [0.717, 1.165) is 12.3 Å². The van der Waals surface area contributed by atoms with E-state index in [9.17, 15) is 0 Å². The lowest BCUT2D eigenvalue weighted by molar-refractivity contribution is 0.0948. The van der Waals surface area contributed by atoms with Crippen LogP contribution in [0.25, 0.3) is 0 Å². The first-order chi connectivity index (χ1) is 7.88. The molecule has 1 aliphatic carbocycles. The van der Waals surface area contributed by atoms with Crippen LogP contribution in [0.4, 0.5) is 0 Å². The quantitative estimate of drug-likeness (QED) is 0.544. The zero-order chi connectivity index (χ0) is 11.2. The van der Waals surface area contributed by atoms with Crippen molar-refractivity contribution in [3.8, 4) is 0 Å². The highest BCUT2D eigenvalue weighted by molar-refractivity contribution is 5.13. The van der Waals surface area contributed by atoms with Gasteiger partial charge in [-0.2, -0.15) is 0 Å². The van der Waals surface area contributed by atoms with Crippen LogP contribution in [0.2, 0.25) is 0 Å². The summed E-state index contributed by atoms with van der Waals surface area (Å²) in [6.07, 6.45) is 3.86. The number of hydrazine groups is 1. The molecular formula is C13H20N2O. The molecule has 0 saturated heterocycles. The maximum absolute atomic E-state index is 5.66. The predicted molar refractivity (Wildman–Crippen MR) is 64.6 cm³/mol. The van der Waals surface area contributed by atoms with E-state index in [-0.39, 0.29) is 0 Å². The van der Waals surface area contributed by atoms with Gasteiger partial charge in [0.1, 0.15) is 0 Å². The van der Waals surface area contributed by atoms with Crippen LogP contribution in [0.1, 0.15) is 24.8 Å². The van der Waals surface area contributed by atoms with Crippen molar-refractivity contribution >= 4 is 0 Å². The molecule has 1 unspecified atom stereocenters. The van der Waals surface area contributed by atoms with E-state index in [1.807, 2.05) is 18.2 Å². The molecule has 0 aliphatic heterocycles. The van der Waals surface area contributed by atoms with Crippen molar-refractivity contribution in [3.63, 3.8) is 0 Å². The largest absolute Gasteiger partial charge is 0.375 e. The van der Waals surface area contributed by atoms with E-state index >= 15 is 0 Å². The van der Waals surface area contributed by atoms with Crippen molar-refractivity contribution in [1.29, 1.82) is 0 Å². The summed E-state index contributed by atoms with van der Waals surface area (Å²) in [6.45, 7) is 1.37. The first kappa shape index (κ1) is 11.6. The zero-order valence-corrected chi connectivity index (χ0v) is 9.56. The summed E-state index contributed by atoms with van der Waals surface area (Å²) in [5, 5.41) is 0. The Morgan fingerprint density at radius 2 is 2.06 bits per heavy atom. The third-order valence-corrected chi connectivity index (χ3v) is 2.98. The molecular weight excluding hydrogens is 200 g/mol. The van der Waals surface area contributed by atoms with Gasteiger partial charge < -0.3 is 4.74 Å². The Balaban J connectivity index is 1.65. The molecule has 3 N–H and O–H groups in total.